The zero-order chi connectivity index (χ0) is 14.8. The molecule has 1 N–H and O–H groups in total. The zero-order valence-corrected chi connectivity index (χ0v) is 12.4. The molecule has 21 heavy (non-hydrogen) atoms. The molecule has 0 aliphatic heterocycles. The number of nitrogens with one attached hydrogen (secondary N) is 1. The summed E-state index contributed by atoms with van der Waals surface area (Å²) in [4.78, 5) is 11.8. The van der Waals surface area contributed by atoms with Gasteiger partial charge in [0.1, 0.15) is 10.8 Å². The summed E-state index contributed by atoms with van der Waals surface area (Å²) in [6.45, 7) is 0. The third-order valence-corrected chi connectivity index (χ3v) is 4.33. The first-order chi connectivity index (χ1) is 10.1. The van der Waals surface area contributed by atoms with E-state index in [1.165, 1.54) is 35.6 Å². The molecule has 108 valence electrons. The summed E-state index contributed by atoms with van der Waals surface area (Å²) in [6.07, 6.45) is 4.83. The van der Waals surface area contributed by atoms with Gasteiger partial charge in [0.25, 0.3) is 0 Å². The van der Waals surface area contributed by atoms with Crippen LogP contribution in [0.3, 0.4) is 0 Å². The van der Waals surface area contributed by atoms with E-state index in [1.807, 2.05) is 0 Å². The molecule has 4 nitrogen and oxygen atoms in total. The summed E-state index contributed by atoms with van der Waals surface area (Å²) in [5.41, 5.74) is 0.185. The second kappa shape index (κ2) is 5.91. The second-order valence-electron chi connectivity index (χ2n) is 4.68. The highest BCUT2D eigenvalue weighted by Crippen LogP contribution is 2.42. The Kier molecular flexibility index (Phi) is 3.98. The molecule has 1 aliphatic carbocycles. The minimum Gasteiger partial charge on any atom is -0.297 e. The van der Waals surface area contributed by atoms with Crippen molar-refractivity contribution in [3.8, 4) is 0 Å². The number of anilines is 1. The fourth-order valence-electron chi connectivity index (χ4n) is 1.76. The van der Waals surface area contributed by atoms with E-state index in [0.717, 1.165) is 17.8 Å². The van der Waals surface area contributed by atoms with Crippen molar-refractivity contribution in [3.05, 3.63) is 45.7 Å². The topological polar surface area (TPSA) is 54.9 Å². The van der Waals surface area contributed by atoms with Gasteiger partial charge in [-0.3, -0.25) is 10.1 Å². The van der Waals surface area contributed by atoms with Crippen molar-refractivity contribution in [3.63, 3.8) is 0 Å². The van der Waals surface area contributed by atoms with Crippen LogP contribution in [0, 0.1) is 5.82 Å². The minimum absolute atomic E-state index is 0.185. The van der Waals surface area contributed by atoms with Gasteiger partial charge in [0.2, 0.25) is 11.0 Å². The first-order valence-corrected chi connectivity index (χ1v) is 7.59. The number of aromatic nitrogens is 2. The van der Waals surface area contributed by atoms with Crippen LogP contribution in [0.25, 0.3) is 6.08 Å². The minimum atomic E-state index is -0.474. The number of hydrogen-bond acceptors (Lipinski definition) is 4. The normalized spacial score (nSPS) is 14.6. The molecule has 1 saturated carbocycles. The number of nitrogens with zero attached hydrogens (tertiary/aromatic N) is 2. The summed E-state index contributed by atoms with van der Waals surface area (Å²) in [6, 6.07) is 4.36. The molecule has 2 aromatic rings. The van der Waals surface area contributed by atoms with Gasteiger partial charge < -0.3 is 0 Å². The fraction of sp³-hybridized carbons (Fsp3) is 0.214. The van der Waals surface area contributed by atoms with E-state index in [0.29, 0.717) is 11.0 Å². The lowest BCUT2D eigenvalue weighted by atomic mass is 10.2. The number of carbonyl (C=O) groups excluding carboxylic acids is 1. The van der Waals surface area contributed by atoms with Gasteiger partial charge in [0.15, 0.2) is 0 Å². The Labute approximate surface area is 129 Å². The quantitative estimate of drug-likeness (QED) is 0.869. The molecule has 0 saturated heterocycles. The predicted octanol–water partition coefficient (Wildman–Crippen LogP) is 3.86. The standard InChI is InChI=1S/C14H11ClFN3OS/c15-10-2-1-3-11(16)9(10)6-7-12(20)17-14-19-18-13(21-14)8-4-5-8/h1-3,6-8H,4-5H2,(H,17,19,20)/b7-6+. The van der Waals surface area contributed by atoms with Crippen molar-refractivity contribution in [2.24, 2.45) is 0 Å². The third-order valence-electron chi connectivity index (χ3n) is 3.00. The average Bonchev–Trinajstić information content (AvgIpc) is 3.19. The number of hydrogen-bond donors (Lipinski definition) is 1. The van der Waals surface area contributed by atoms with Crippen molar-refractivity contribution < 1.29 is 9.18 Å². The molecule has 0 atom stereocenters. The predicted molar refractivity (Wildman–Crippen MR) is 81.0 cm³/mol. The van der Waals surface area contributed by atoms with Gasteiger partial charge in [-0.2, -0.15) is 0 Å². The van der Waals surface area contributed by atoms with Crippen LogP contribution in [0.2, 0.25) is 5.02 Å². The van der Waals surface area contributed by atoms with E-state index in [4.69, 9.17) is 11.6 Å². The van der Waals surface area contributed by atoms with Crippen molar-refractivity contribution in [1.29, 1.82) is 0 Å². The number of amides is 1. The molecule has 1 aliphatic rings. The van der Waals surface area contributed by atoms with Gasteiger partial charge in [0, 0.05) is 17.6 Å². The molecule has 1 heterocycles. The molecule has 3 rings (SSSR count). The maximum absolute atomic E-state index is 13.5. The van der Waals surface area contributed by atoms with Crippen molar-refractivity contribution in [2.45, 2.75) is 18.8 Å². The molecule has 1 amide bonds. The monoisotopic (exact) mass is 323 g/mol. The lowest BCUT2D eigenvalue weighted by Gasteiger charge is -1.99. The molecule has 0 spiro atoms. The molecular weight excluding hydrogens is 313 g/mol. The molecule has 0 radical (unpaired) electrons. The molecule has 1 aromatic heterocycles. The Balaban J connectivity index is 1.66. The highest BCUT2D eigenvalue weighted by Gasteiger charge is 2.27. The molecular formula is C14H11ClFN3OS. The number of benzene rings is 1. The fourth-order valence-corrected chi connectivity index (χ4v) is 2.90. The van der Waals surface area contributed by atoms with E-state index >= 15 is 0 Å². The summed E-state index contributed by atoms with van der Waals surface area (Å²) >= 11 is 7.25. The van der Waals surface area contributed by atoms with Crippen LogP contribution in [0.15, 0.2) is 24.3 Å². The number of halogens is 2. The highest BCUT2D eigenvalue weighted by molar-refractivity contribution is 7.15. The molecule has 1 fully saturated rings. The van der Waals surface area contributed by atoms with Crippen LogP contribution in [0.1, 0.15) is 29.3 Å². The van der Waals surface area contributed by atoms with E-state index < -0.39 is 11.7 Å². The Hall–Kier alpha value is -1.79. The Morgan fingerprint density at radius 3 is 2.95 bits per heavy atom. The van der Waals surface area contributed by atoms with Crippen LogP contribution >= 0.6 is 22.9 Å². The van der Waals surface area contributed by atoms with E-state index in [9.17, 15) is 9.18 Å². The van der Waals surface area contributed by atoms with Crippen molar-refractivity contribution in [1.82, 2.24) is 10.2 Å². The van der Waals surface area contributed by atoms with Gasteiger partial charge in [-0.15, -0.1) is 10.2 Å². The van der Waals surface area contributed by atoms with Crippen LogP contribution < -0.4 is 5.32 Å². The molecule has 1 aromatic carbocycles. The lowest BCUT2D eigenvalue weighted by Crippen LogP contribution is -2.07. The Morgan fingerprint density at radius 1 is 1.43 bits per heavy atom. The van der Waals surface area contributed by atoms with Crippen LogP contribution in [0.5, 0.6) is 0 Å². The maximum Gasteiger partial charge on any atom is 0.250 e. The molecule has 0 bridgehead atoms. The Morgan fingerprint density at radius 2 is 2.24 bits per heavy atom. The Bertz CT molecular complexity index is 692. The lowest BCUT2D eigenvalue weighted by molar-refractivity contribution is -0.111. The zero-order valence-electron chi connectivity index (χ0n) is 10.8. The van der Waals surface area contributed by atoms with E-state index in [-0.39, 0.29) is 10.6 Å². The first-order valence-electron chi connectivity index (χ1n) is 6.40. The second-order valence-corrected chi connectivity index (χ2v) is 6.09. The number of carbonyl (C=O) groups is 1. The van der Waals surface area contributed by atoms with Crippen LogP contribution in [0.4, 0.5) is 9.52 Å². The maximum atomic E-state index is 13.5. The van der Waals surface area contributed by atoms with Crippen molar-refractivity contribution >= 4 is 40.1 Å². The van der Waals surface area contributed by atoms with Crippen molar-refractivity contribution in [2.75, 3.05) is 5.32 Å². The van der Waals surface area contributed by atoms with Gasteiger partial charge in [0.05, 0.1) is 5.02 Å². The van der Waals surface area contributed by atoms with Gasteiger partial charge >= 0.3 is 0 Å². The first kappa shape index (κ1) is 14.2. The van der Waals surface area contributed by atoms with Crippen LogP contribution in [-0.4, -0.2) is 16.1 Å². The van der Waals surface area contributed by atoms with E-state index in [2.05, 4.69) is 15.5 Å². The van der Waals surface area contributed by atoms with Gasteiger partial charge in [-0.1, -0.05) is 29.0 Å². The molecule has 0 unspecified atom stereocenters. The highest BCUT2D eigenvalue weighted by atomic mass is 35.5. The summed E-state index contributed by atoms with van der Waals surface area (Å²) < 4.78 is 13.5. The molecule has 7 heteroatoms. The van der Waals surface area contributed by atoms with Crippen LogP contribution in [-0.2, 0) is 4.79 Å². The van der Waals surface area contributed by atoms with Gasteiger partial charge in [-0.05, 0) is 31.1 Å². The smallest absolute Gasteiger partial charge is 0.250 e. The number of rotatable bonds is 4. The van der Waals surface area contributed by atoms with E-state index in [1.54, 1.807) is 6.07 Å². The largest absolute Gasteiger partial charge is 0.297 e. The summed E-state index contributed by atoms with van der Waals surface area (Å²) in [5, 5.41) is 12.2. The third kappa shape index (κ3) is 3.46. The van der Waals surface area contributed by atoms with Gasteiger partial charge in [-0.25, -0.2) is 4.39 Å². The summed E-state index contributed by atoms with van der Waals surface area (Å²) in [7, 11) is 0. The summed E-state index contributed by atoms with van der Waals surface area (Å²) in [5.74, 6) is -0.368. The average molecular weight is 324 g/mol. The SMILES string of the molecule is O=C(/C=C/c1c(F)cccc1Cl)Nc1nnc(C2CC2)s1.